The molecule has 0 aromatic carbocycles. The van der Waals surface area contributed by atoms with Gasteiger partial charge in [0, 0.05) is 12.8 Å². The first-order valence-corrected chi connectivity index (χ1v) is 4.37. The summed E-state index contributed by atoms with van der Waals surface area (Å²) in [6.45, 7) is 2.61. The lowest BCUT2D eigenvalue weighted by molar-refractivity contribution is -0.000636. The molecule has 0 aliphatic carbocycles. The Morgan fingerprint density at radius 1 is 1.69 bits per heavy atom. The second-order valence-corrected chi connectivity index (χ2v) is 3.29. The van der Waals surface area contributed by atoms with Gasteiger partial charge in [-0.2, -0.15) is 0 Å². The first-order valence-electron chi connectivity index (χ1n) is 4.37. The van der Waals surface area contributed by atoms with Crippen LogP contribution in [0.25, 0.3) is 0 Å². The Morgan fingerprint density at radius 3 is 3.15 bits per heavy atom. The van der Waals surface area contributed by atoms with Crippen LogP contribution in [0.4, 0.5) is 4.39 Å². The van der Waals surface area contributed by atoms with Crippen molar-refractivity contribution in [3.63, 3.8) is 0 Å². The van der Waals surface area contributed by atoms with Gasteiger partial charge in [0.2, 0.25) is 0 Å². The number of aromatic nitrogens is 3. The highest BCUT2D eigenvalue weighted by molar-refractivity contribution is 4.90. The number of aryl methyl sites for hydroxylation is 1. The van der Waals surface area contributed by atoms with Gasteiger partial charge in [0.1, 0.15) is 6.17 Å². The maximum atomic E-state index is 13.3. The summed E-state index contributed by atoms with van der Waals surface area (Å²) in [5.41, 5.74) is 0.818. The topological polar surface area (TPSA) is 39.9 Å². The van der Waals surface area contributed by atoms with Gasteiger partial charge in [0.15, 0.2) is 0 Å². The zero-order valence-electron chi connectivity index (χ0n) is 7.48. The molecule has 2 atom stereocenters. The zero-order chi connectivity index (χ0) is 9.26. The lowest BCUT2D eigenvalue weighted by Crippen LogP contribution is -2.31. The van der Waals surface area contributed by atoms with Crippen molar-refractivity contribution in [2.75, 3.05) is 13.2 Å². The molecule has 1 aliphatic heterocycles. The molecule has 2 rings (SSSR count). The SMILES string of the molecule is Cc1cn([C@@H]2CCOC[C@H]2F)nn1. The van der Waals surface area contributed by atoms with Crippen LogP contribution in [-0.2, 0) is 4.74 Å². The predicted molar refractivity (Wildman–Crippen MR) is 44.1 cm³/mol. The normalized spacial score (nSPS) is 29.1. The minimum atomic E-state index is -0.963. The van der Waals surface area contributed by atoms with Crippen molar-refractivity contribution in [2.24, 2.45) is 0 Å². The van der Waals surface area contributed by atoms with Crippen LogP contribution in [-0.4, -0.2) is 34.4 Å². The Balaban J connectivity index is 2.14. The Labute approximate surface area is 75.7 Å². The van der Waals surface area contributed by atoms with E-state index in [2.05, 4.69) is 10.3 Å². The molecule has 0 saturated carbocycles. The predicted octanol–water partition coefficient (Wildman–Crippen LogP) is 0.886. The minimum Gasteiger partial charge on any atom is -0.378 e. The molecule has 0 spiro atoms. The van der Waals surface area contributed by atoms with Gasteiger partial charge in [-0.05, 0) is 13.3 Å². The summed E-state index contributed by atoms with van der Waals surface area (Å²) in [5.74, 6) is 0. The first kappa shape index (κ1) is 8.62. The third-order valence-electron chi connectivity index (χ3n) is 2.22. The number of halogens is 1. The van der Waals surface area contributed by atoms with Crippen LogP contribution in [0.2, 0.25) is 0 Å². The standard InChI is InChI=1S/C8H12FN3O/c1-6-4-12(11-10-6)8-2-3-13-5-7(8)9/h4,7-8H,2-3,5H2,1H3/t7-,8-/m1/s1. The third-order valence-corrected chi connectivity index (χ3v) is 2.22. The van der Waals surface area contributed by atoms with Gasteiger partial charge in [-0.15, -0.1) is 5.10 Å². The highest BCUT2D eigenvalue weighted by Crippen LogP contribution is 2.22. The summed E-state index contributed by atoms with van der Waals surface area (Å²) in [6, 6.07) is -0.199. The second-order valence-electron chi connectivity index (χ2n) is 3.29. The van der Waals surface area contributed by atoms with Gasteiger partial charge >= 0.3 is 0 Å². The maximum absolute atomic E-state index is 13.3. The van der Waals surface area contributed by atoms with Crippen molar-refractivity contribution in [3.05, 3.63) is 11.9 Å². The molecule has 0 amide bonds. The fourth-order valence-electron chi connectivity index (χ4n) is 1.52. The van der Waals surface area contributed by atoms with E-state index in [9.17, 15) is 4.39 Å². The number of hydrogen-bond donors (Lipinski definition) is 0. The number of alkyl halides is 1. The average Bonchev–Trinajstić information content (AvgIpc) is 2.53. The van der Waals surface area contributed by atoms with E-state index >= 15 is 0 Å². The Kier molecular flexibility index (Phi) is 2.26. The largest absolute Gasteiger partial charge is 0.378 e. The monoisotopic (exact) mass is 185 g/mol. The fourth-order valence-corrected chi connectivity index (χ4v) is 1.52. The van der Waals surface area contributed by atoms with E-state index in [-0.39, 0.29) is 12.6 Å². The van der Waals surface area contributed by atoms with E-state index in [0.717, 1.165) is 5.69 Å². The van der Waals surface area contributed by atoms with E-state index in [1.54, 1.807) is 10.9 Å². The molecule has 5 heteroatoms. The van der Waals surface area contributed by atoms with Crippen LogP contribution in [0, 0.1) is 6.92 Å². The Morgan fingerprint density at radius 2 is 2.54 bits per heavy atom. The first-order chi connectivity index (χ1) is 6.27. The molecule has 1 aromatic heterocycles. The van der Waals surface area contributed by atoms with Gasteiger partial charge in [0.25, 0.3) is 0 Å². The van der Waals surface area contributed by atoms with Crippen LogP contribution in [0.5, 0.6) is 0 Å². The highest BCUT2D eigenvalue weighted by Gasteiger charge is 2.27. The molecule has 0 N–H and O–H groups in total. The van der Waals surface area contributed by atoms with Crippen LogP contribution < -0.4 is 0 Å². The summed E-state index contributed by atoms with van der Waals surface area (Å²) < 4.78 is 19.9. The summed E-state index contributed by atoms with van der Waals surface area (Å²) in [6.07, 6.45) is 1.47. The molecule has 1 fully saturated rings. The summed E-state index contributed by atoms with van der Waals surface area (Å²) in [4.78, 5) is 0. The van der Waals surface area contributed by atoms with Crippen LogP contribution in [0.15, 0.2) is 6.20 Å². The summed E-state index contributed by atoms with van der Waals surface area (Å²) in [5, 5.41) is 7.69. The van der Waals surface area contributed by atoms with Crippen LogP contribution >= 0.6 is 0 Å². The number of rotatable bonds is 1. The van der Waals surface area contributed by atoms with E-state index in [0.29, 0.717) is 13.0 Å². The van der Waals surface area contributed by atoms with Crippen molar-refractivity contribution in [2.45, 2.75) is 25.6 Å². The molecule has 2 heterocycles. The van der Waals surface area contributed by atoms with Crippen molar-refractivity contribution >= 4 is 0 Å². The van der Waals surface area contributed by atoms with E-state index in [1.165, 1.54) is 0 Å². The molecular weight excluding hydrogens is 173 g/mol. The Bertz CT molecular complexity index is 289. The smallest absolute Gasteiger partial charge is 0.146 e. The minimum absolute atomic E-state index is 0.170. The van der Waals surface area contributed by atoms with Crippen molar-refractivity contribution < 1.29 is 9.13 Å². The quantitative estimate of drug-likeness (QED) is 0.652. The van der Waals surface area contributed by atoms with Crippen LogP contribution in [0.1, 0.15) is 18.2 Å². The Hall–Kier alpha value is -0.970. The molecule has 0 unspecified atom stereocenters. The zero-order valence-corrected chi connectivity index (χ0v) is 7.48. The molecule has 72 valence electrons. The molecule has 1 saturated heterocycles. The molecule has 0 radical (unpaired) electrons. The van der Waals surface area contributed by atoms with Crippen LogP contribution in [0.3, 0.4) is 0 Å². The molecule has 4 nitrogen and oxygen atoms in total. The second kappa shape index (κ2) is 3.41. The summed E-state index contributed by atoms with van der Waals surface area (Å²) in [7, 11) is 0. The van der Waals surface area contributed by atoms with Gasteiger partial charge in [-0.1, -0.05) is 5.21 Å². The van der Waals surface area contributed by atoms with E-state index in [1.807, 2.05) is 6.92 Å². The summed E-state index contributed by atoms with van der Waals surface area (Å²) >= 11 is 0. The molecule has 13 heavy (non-hydrogen) atoms. The van der Waals surface area contributed by atoms with Gasteiger partial charge < -0.3 is 4.74 Å². The number of nitrogens with zero attached hydrogens (tertiary/aromatic N) is 3. The van der Waals surface area contributed by atoms with Crippen molar-refractivity contribution in [3.8, 4) is 0 Å². The van der Waals surface area contributed by atoms with E-state index < -0.39 is 6.17 Å². The van der Waals surface area contributed by atoms with E-state index in [4.69, 9.17) is 4.74 Å². The van der Waals surface area contributed by atoms with Gasteiger partial charge in [-0.25, -0.2) is 9.07 Å². The highest BCUT2D eigenvalue weighted by atomic mass is 19.1. The lowest BCUT2D eigenvalue weighted by atomic mass is 10.1. The average molecular weight is 185 g/mol. The fraction of sp³-hybridized carbons (Fsp3) is 0.750. The van der Waals surface area contributed by atoms with Crippen molar-refractivity contribution in [1.29, 1.82) is 0 Å². The molecule has 0 bridgehead atoms. The molecule has 1 aliphatic rings. The molecule has 1 aromatic rings. The third kappa shape index (κ3) is 1.70. The maximum Gasteiger partial charge on any atom is 0.146 e. The number of hydrogen-bond acceptors (Lipinski definition) is 3. The molecular formula is C8H12FN3O. The van der Waals surface area contributed by atoms with Crippen molar-refractivity contribution in [1.82, 2.24) is 15.0 Å². The number of ether oxygens (including phenoxy) is 1. The van der Waals surface area contributed by atoms with Gasteiger partial charge in [0.05, 0.1) is 18.3 Å². The lowest BCUT2D eigenvalue weighted by Gasteiger charge is -2.25. The van der Waals surface area contributed by atoms with Gasteiger partial charge in [-0.3, -0.25) is 0 Å².